The summed E-state index contributed by atoms with van der Waals surface area (Å²) in [4.78, 5) is 16.7. The molecule has 0 aromatic carbocycles. The molecule has 0 bridgehead atoms. The van der Waals surface area contributed by atoms with Gasteiger partial charge in [0.2, 0.25) is 5.91 Å². The van der Waals surface area contributed by atoms with Gasteiger partial charge in [0.15, 0.2) is 0 Å². The zero-order chi connectivity index (χ0) is 14.3. The van der Waals surface area contributed by atoms with E-state index in [1.54, 1.807) is 13.8 Å². The zero-order valence-electron chi connectivity index (χ0n) is 12.9. The minimum atomic E-state index is -0.780. The number of piperazine rings is 1. The molecule has 1 fully saturated rings. The Hall–Kier alpha value is -0.610. The SMILES string of the molecule is C[C@@H]1CN(C(=O)C(C)(C)N)[C@@H](C)CN1C(C)(C)C. The van der Waals surface area contributed by atoms with Gasteiger partial charge < -0.3 is 10.6 Å². The van der Waals surface area contributed by atoms with Gasteiger partial charge in [0.25, 0.3) is 0 Å². The topological polar surface area (TPSA) is 49.6 Å². The predicted octanol–water partition coefficient (Wildman–Crippen LogP) is 1.44. The highest BCUT2D eigenvalue weighted by Gasteiger charge is 2.39. The Morgan fingerprint density at radius 1 is 1.06 bits per heavy atom. The lowest BCUT2D eigenvalue weighted by molar-refractivity contribution is -0.143. The van der Waals surface area contributed by atoms with Crippen LogP contribution in [0, 0.1) is 0 Å². The van der Waals surface area contributed by atoms with Crippen molar-refractivity contribution in [1.82, 2.24) is 9.80 Å². The molecular weight excluding hydrogens is 226 g/mol. The van der Waals surface area contributed by atoms with Gasteiger partial charge in [0.1, 0.15) is 0 Å². The van der Waals surface area contributed by atoms with Gasteiger partial charge in [0, 0.05) is 30.7 Å². The first-order valence-corrected chi connectivity index (χ1v) is 6.81. The Labute approximate surface area is 111 Å². The molecule has 2 atom stereocenters. The van der Waals surface area contributed by atoms with Crippen LogP contribution >= 0.6 is 0 Å². The van der Waals surface area contributed by atoms with Crippen molar-refractivity contribution < 1.29 is 4.79 Å². The lowest BCUT2D eigenvalue weighted by atomic mass is 9.96. The molecule has 1 aliphatic heterocycles. The van der Waals surface area contributed by atoms with Crippen LogP contribution in [-0.4, -0.2) is 52.0 Å². The Balaban J connectivity index is 2.84. The van der Waals surface area contributed by atoms with Gasteiger partial charge in [-0.1, -0.05) is 0 Å². The number of hydrogen-bond donors (Lipinski definition) is 1. The van der Waals surface area contributed by atoms with E-state index in [4.69, 9.17) is 5.73 Å². The van der Waals surface area contributed by atoms with E-state index in [1.165, 1.54) is 0 Å². The zero-order valence-corrected chi connectivity index (χ0v) is 12.9. The molecule has 18 heavy (non-hydrogen) atoms. The average molecular weight is 255 g/mol. The lowest BCUT2D eigenvalue weighted by Gasteiger charge is -2.50. The summed E-state index contributed by atoms with van der Waals surface area (Å²) in [5.41, 5.74) is 5.29. The molecule has 1 amide bonds. The normalized spacial score (nSPS) is 27.4. The highest BCUT2D eigenvalue weighted by Crippen LogP contribution is 2.25. The maximum Gasteiger partial charge on any atom is 0.242 e. The molecule has 1 rings (SSSR count). The van der Waals surface area contributed by atoms with Crippen LogP contribution in [0.5, 0.6) is 0 Å². The highest BCUT2D eigenvalue weighted by molar-refractivity contribution is 5.85. The third kappa shape index (κ3) is 3.23. The molecule has 1 aliphatic rings. The van der Waals surface area contributed by atoms with Crippen molar-refractivity contribution in [3.8, 4) is 0 Å². The molecule has 0 aliphatic carbocycles. The number of hydrogen-bond acceptors (Lipinski definition) is 3. The molecule has 2 N–H and O–H groups in total. The summed E-state index contributed by atoms with van der Waals surface area (Å²) < 4.78 is 0. The summed E-state index contributed by atoms with van der Waals surface area (Å²) in [7, 11) is 0. The molecule has 106 valence electrons. The number of nitrogens with zero attached hydrogens (tertiary/aromatic N) is 2. The van der Waals surface area contributed by atoms with Crippen LogP contribution in [0.15, 0.2) is 0 Å². The van der Waals surface area contributed by atoms with Crippen LogP contribution in [0.3, 0.4) is 0 Å². The highest BCUT2D eigenvalue weighted by atomic mass is 16.2. The smallest absolute Gasteiger partial charge is 0.242 e. The second-order valence-corrected chi connectivity index (χ2v) is 7.20. The summed E-state index contributed by atoms with van der Waals surface area (Å²) in [6, 6.07) is 0.586. The summed E-state index contributed by atoms with van der Waals surface area (Å²) in [6.45, 7) is 16.2. The summed E-state index contributed by atoms with van der Waals surface area (Å²) in [6.07, 6.45) is 0. The summed E-state index contributed by atoms with van der Waals surface area (Å²) in [5, 5.41) is 0. The molecule has 1 saturated heterocycles. The molecule has 0 spiro atoms. The number of carbonyl (C=O) groups is 1. The van der Waals surface area contributed by atoms with Gasteiger partial charge in [-0.15, -0.1) is 0 Å². The van der Waals surface area contributed by atoms with E-state index >= 15 is 0 Å². The molecular formula is C14H29N3O. The van der Waals surface area contributed by atoms with Gasteiger partial charge in [-0.3, -0.25) is 9.69 Å². The molecule has 0 aromatic rings. The van der Waals surface area contributed by atoms with Gasteiger partial charge >= 0.3 is 0 Å². The fraction of sp³-hybridized carbons (Fsp3) is 0.929. The number of nitrogens with two attached hydrogens (primary N) is 1. The maximum absolute atomic E-state index is 12.3. The van der Waals surface area contributed by atoms with Crippen LogP contribution in [-0.2, 0) is 4.79 Å². The van der Waals surface area contributed by atoms with Gasteiger partial charge in [-0.25, -0.2) is 0 Å². The molecule has 0 aromatic heterocycles. The van der Waals surface area contributed by atoms with Crippen molar-refractivity contribution in [3.63, 3.8) is 0 Å². The van der Waals surface area contributed by atoms with Crippen LogP contribution < -0.4 is 5.73 Å². The van der Waals surface area contributed by atoms with E-state index in [9.17, 15) is 4.79 Å². The van der Waals surface area contributed by atoms with E-state index < -0.39 is 5.54 Å². The van der Waals surface area contributed by atoms with Crippen molar-refractivity contribution >= 4 is 5.91 Å². The summed E-state index contributed by atoms with van der Waals surface area (Å²) >= 11 is 0. The van der Waals surface area contributed by atoms with Crippen molar-refractivity contribution in [1.29, 1.82) is 0 Å². The van der Waals surface area contributed by atoms with Crippen molar-refractivity contribution in [2.24, 2.45) is 5.73 Å². The number of rotatable bonds is 1. The van der Waals surface area contributed by atoms with E-state index in [-0.39, 0.29) is 17.5 Å². The second-order valence-electron chi connectivity index (χ2n) is 7.20. The molecule has 0 radical (unpaired) electrons. The number of carbonyl (C=O) groups excluding carboxylic acids is 1. The first-order chi connectivity index (χ1) is 7.94. The maximum atomic E-state index is 12.3. The lowest BCUT2D eigenvalue weighted by Crippen LogP contribution is -2.65. The van der Waals surface area contributed by atoms with Crippen LogP contribution in [0.25, 0.3) is 0 Å². The summed E-state index contributed by atoms with van der Waals surface area (Å²) in [5.74, 6) is 0.0513. The monoisotopic (exact) mass is 255 g/mol. The molecule has 0 saturated carbocycles. The second kappa shape index (κ2) is 4.82. The number of amides is 1. The van der Waals surface area contributed by atoms with E-state index in [1.807, 2.05) is 4.90 Å². The third-order valence-electron chi connectivity index (χ3n) is 3.66. The van der Waals surface area contributed by atoms with E-state index in [0.717, 1.165) is 13.1 Å². The van der Waals surface area contributed by atoms with Gasteiger partial charge in [-0.2, -0.15) is 0 Å². The first kappa shape index (κ1) is 15.4. The predicted molar refractivity (Wildman–Crippen MR) is 75.4 cm³/mol. The first-order valence-electron chi connectivity index (χ1n) is 6.81. The minimum Gasteiger partial charge on any atom is -0.336 e. The van der Waals surface area contributed by atoms with Crippen molar-refractivity contribution in [3.05, 3.63) is 0 Å². The van der Waals surface area contributed by atoms with Crippen molar-refractivity contribution in [2.45, 2.75) is 71.6 Å². The molecule has 1 heterocycles. The Morgan fingerprint density at radius 2 is 1.56 bits per heavy atom. The van der Waals surface area contributed by atoms with E-state index in [2.05, 4.69) is 39.5 Å². The van der Waals surface area contributed by atoms with Crippen LogP contribution in [0.2, 0.25) is 0 Å². The molecule has 4 nitrogen and oxygen atoms in total. The van der Waals surface area contributed by atoms with Crippen LogP contribution in [0.4, 0.5) is 0 Å². The standard InChI is InChI=1S/C14H29N3O/c1-10-9-17(13(3,4)5)11(2)8-16(10)12(18)14(6,7)15/h10-11H,8-9,15H2,1-7H3/t10-,11+/m0/s1. The Kier molecular flexibility index (Phi) is 4.13. The Morgan fingerprint density at radius 3 is 1.94 bits per heavy atom. The fourth-order valence-electron chi connectivity index (χ4n) is 2.71. The minimum absolute atomic E-state index is 0.0513. The third-order valence-corrected chi connectivity index (χ3v) is 3.66. The Bertz CT molecular complexity index is 314. The van der Waals surface area contributed by atoms with Gasteiger partial charge in [-0.05, 0) is 48.5 Å². The van der Waals surface area contributed by atoms with Gasteiger partial charge in [0.05, 0.1) is 5.54 Å². The average Bonchev–Trinajstić information content (AvgIpc) is 2.16. The van der Waals surface area contributed by atoms with Crippen LogP contribution in [0.1, 0.15) is 48.5 Å². The fourth-order valence-corrected chi connectivity index (χ4v) is 2.71. The quantitative estimate of drug-likeness (QED) is 0.771. The van der Waals surface area contributed by atoms with Crippen molar-refractivity contribution in [2.75, 3.05) is 13.1 Å². The van der Waals surface area contributed by atoms with E-state index in [0.29, 0.717) is 6.04 Å². The molecule has 4 heteroatoms. The largest absolute Gasteiger partial charge is 0.336 e. The molecule has 0 unspecified atom stereocenters.